The zero-order valence-electron chi connectivity index (χ0n) is 22.3. The molecule has 0 unspecified atom stereocenters. The molecule has 1 fully saturated rings. The molecule has 0 heterocycles. The van der Waals surface area contributed by atoms with Crippen molar-refractivity contribution in [2.75, 3.05) is 18.6 Å². The van der Waals surface area contributed by atoms with Crippen LogP contribution in [0.15, 0.2) is 54.6 Å². The van der Waals surface area contributed by atoms with E-state index in [-0.39, 0.29) is 43.6 Å². The number of carbonyl (C=O) groups excluding carboxylic acids is 3. The van der Waals surface area contributed by atoms with Crippen molar-refractivity contribution in [2.24, 2.45) is 5.92 Å². The maximum absolute atomic E-state index is 13.4. The van der Waals surface area contributed by atoms with E-state index in [1.165, 1.54) is 0 Å². The van der Waals surface area contributed by atoms with E-state index in [1.54, 1.807) is 36.2 Å². The fourth-order valence-corrected chi connectivity index (χ4v) is 5.11. The van der Waals surface area contributed by atoms with Crippen LogP contribution in [0.5, 0.6) is 0 Å². The molecule has 3 amide bonds. The van der Waals surface area contributed by atoms with Gasteiger partial charge >= 0.3 is 22.4 Å². The lowest BCUT2D eigenvalue weighted by atomic mass is 9.85. The summed E-state index contributed by atoms with van der Waals surface area (Å²) in [6.45, 7) is -0.347. The van der Waals surface area contributed by atoms with Gasteiger partial charge in [0.2, 0.25) is 11.6 Å². The molecule has 8 nitrogen and oxygen atoms in total. The second kappa shape index (κ2) is 15.5. The van der Waals surface area contributed by atoms with Crippen molar-refractivity contribution in [1.29, 1.82) is 0 Å². The van der Waals surface area contributed by atoms with Gasteiger partial charge in [-0.15, -0.1) is 0 Å². The fraction of sp³-hybridized carbons (Fsp3) is 0.448. The van der Waals surface area contributed by atoms with E-state index in [9.17, 15) is 19.5 Å². The molecule has 0 bridgehead atoms. The van der Waals surface area contributed by atoms with E-state index in [4.69, 9.17) is 16.3 Å². The predicted octanol–water partition coefficient (Wildman–Crippen LogP) is 4.40. The maximum atomic E-state index is 13.4. The largest absolute Gasteiger partial charge is 0.574 e. The predicted molar refractivity (Wildman–Crippen MR) is 152 cm³/mol. The van der Waals surface area contributed by atoms with Crippen molar-refractivity contribution in [2.45, 2.75) is 64.0 Å². The molecule has 39 heavy (non-hydrogen) atoms. The number of amides is 3. The Morgan fingerprint density at radius 1 is 1.13 bits per heavy atom. The van der Waals surface area contributed by atoms with Crippen LogP contribution in [-0.2, 0) is 20.9 Å². The van der Waals surface area contributed by atoms with Crippen molar-refractivity contribution in [3.05, 3.63) is 65.2 Å². The Kier molecular flexibility index (Phi) is 12.2. The smallest absolute Gasteiger partial charge is 0.409 e. The highest BCUT2D eigenvalue weighted by molar-refractivity contribution is 6.39. The van der Waals surface area contributed by atoms with Crippen LogP contribution < -0.4 is 10.2 Å². The minimum atomic E-state index is -0.729. The van der Waals surface area contributed by atoms with Crippen LogP contribution >= 0.6 is 11.6 Å². The molecule has 3 radical (unpaired) electrons. The quantitative estimate of drug-likeness (QED) is 0.309. The maximum Gasteiger partial charge on any atom is 0.574 e. The van der Waals surface area contributed by atoms with Crippen molar-refractivity contribution >= 4 is 51.3 Å². The number of nitrogens with zero attached hydrogens (tertiary/aromatic N) is 2. The van der Waals surface area contributed by atoms with Crippen LogP contribution in [0.1, 0.15) is 56.9 Å². The molecule has 0 spiro atoms. The highest BCUT2D eigenvalue weighted by atomic mass is 35.5. The van der Waals surface area contributed by atoms with Crippen LogP contribution in [0.2, 0.25) is 5.02 Å². The Labute approximate surface area is 238 Å². The molecule has 1 aliphatic rings. The molecule has 2 aromatic carbocycles. The molecular weight excluding hydrogens is 534 g/mol. The number of carbonyl (C=O) groups is 3. The van der Waals surface area contributed by atoms with E-state index in [2.05, 4.69) is 15.7 Å². The standard InChI is InChI=1S/C29H36ClN3O5Si/c1-32(25-13-6-3-7-14-25)27(35)16-15-24(19-34)31-28(36)26(18-21-9-4-2-5-10-21)33(39)29(37)38-20-22-11-8-12-23(30)17-22/h3,6-8,11-14,17,21,24,34H,2,4-5,9-10,15-16,18-20H2,1H3,(H,31,36)/q+1/b33-26-/t24-/m0/s1. The SMILES string of the molecule is CN(C(=O)CC[C@@H](CO)NC(=O)/C(CC1CCCCC1)=[N+](\[Si])C(=O)OCc1cccc(Cl)c1)c1ccccc1. The van der Waals surface area contributed by atoms with Crippen molar-refractivity contribution in [3.63, 3.8) is 0 Å². The highest BCUT2D eigenvalue weighted by Gasteiger charge is 2.32. The number of benzene rings is 2. The van der Waals surface area contributed by atoms with E-state index in [0.29, 0.717) is 11.4 Å². The molecule has 0 aromatic heterocycles. The summed E-state index contributed by atoms with van der Waals surface area (Å²) < 4.78 is 6.49. The molecular formula is C29H36ClN3O5Si+. The molecule has 10 heteroatoms. The second-order valence-corrected chi connectivity index (χ2v) is 10.7. The zero-order chi connectivity index (χ0) is 28.2. The summed E-state index contributed by atoms with van der Waals surface area (Å²) in [5.41, 5.74) is 1.70. The van der Waals surface area contributed by atoms with Gasteiger partial charge in [0.05, 0.1) is 12.6 Å². The summed E-state index contributed by atoms with van der Waals surface area (Å²) in [7, 11) is 5.01. The highest BCUT2D eigenvalue weighted by Crippen LogP contribution is 2.27. The molecule has 0 saturated heterocycles. The molecule has 207 valence electrons. The minimum Gasteiger partial charge on any atom is -0.409 e. The summed E-state index contributed by atoms with van der Waals surface area (Å²) in [5, 5.41) is 13.3. The molecule has 2 N–H and O–H groups in total. The number of aliphatic hydroxyl groups is 1. The van der Waals surface area contributed by atoms with Gasteiger partial charge in [0.1, 0.15) is 6.61 Å². The van der Waals surface area contributed by atoms with Gasteiger partial charge in [-0.3, -0.25) is 9.59 Å². The first-order chi connectivity index (χ1) is 18.8. The van der Waals surface area contributed by atoms with Gasteiger partial charge in [0.25, 0.3) is 0 Å². The lowest BCUT2D eigenvalue weighted by molar-refractivity contribution is -0.296. The number of aliphatic hydroxyl groups excluding tert-OH is 1. The van der Waals surface area contributed by atoms with Crippen LogP contribution in [0.4, 0.5) is 10.5 Å². The van der Waals surface area contributed by atoms with Gasteiger partial charge in [-0.25, -0.2) is 0 Å². The second-order valence-electron chi connectivity index (χ2n) is 9.85. The first kappa shape index (κ1) is 30.5. The number of hydrogen-bond acceptors (Lipinski definition) is 5. The van der Waals surface area contributed by atoms with E-state index < -0.39 is 18.0 Å². The van der Waals surface area contributed by atoms with E-state index >= 15 is 0 Å². The molecule has 1 atom stereocenters. The van der Waals surface area contributed by atoms with Crippen LogP contribution in [0.3, 0.4) is 0 Å². The van der Waals surface area contributed by atoms with E-state index in [1.807, 2.05) is 30.3 Å². The van der Waals surface area contributed by atoms with E-state index in [0.717, 1.165) is 47.6 Å². The Morgan fingerprint density at radius 3 is 2.51 bits per heavy atom. The normalized spacial score (nSPS) is 15.2. The molecule has 1 aliphatic carbocycles. The number of nitrogens with one attached hydrogen (secondary N) is 1. The first-order valence-corrected chi connectivity index (χ1v) is 14.1. The van der Waals surface area contributed by atoms with Gasteiger partial charge in [0, 0.05) is 30.6 Å². The third kappa shape index (κ3) is 9.60. The number of halogens is 1. The number of hydrogen-bond donors (Lipinski definition) is 2. The lowest BCUT2D eigenvalue weighted by Gasteiger charge is -2.22. The number of ether oxygens (including phenoxy) is 1. The van der Waals surface area contributed by atoms with Gasteiger partial charge in [-0.05, 0) is 55.0 Å². The Balaban J connectivity index is 1.67. The van der Waals surface area contributed by atoms with Gasteiger partial charge < -0.3 is 20.1 Å². The third-order valence-corrected chi connectivity index (χ3v) is 7.64. The third-order valence-electron chi connectivity index (χ3n) is 6.95. The molecule has 1 saturated carbocycles. The number of rotatable bonds is 11. The summed E-state index contributed by atoms with van der Waals surface area (Å²) in [5.74, 6) is -0.363. The van der Waals surface area contributed by atoms with Crippen molar-refractivity contribution < 1.29 is 28.5 Å². The molecule has 0 aliphatic heterocycles. The monoisotopic (exact) mass is 569 g/mol. The summed E-state index contributed by atoms with van der Waals surface area (Å²) in [4.78, 5) is 40.5. The summed E-state index contributed by atoms with van der Waals surface area (Å²) in [6.07, 6.45) is 5.30. The Hall–Kier alpha value is -3.01. The van der Waals surface area contributed by atoms with Crippen LogP contribution in [0.25, 0.3) is 0 Å². The summed E-state index contributed by atoms with van der Waals surface area (Å²) in [6, 6.07) is 15.6. The first-order valence-electron chi connectivity index (χ1n) is 13.3. The zero-order valence-corrected chi connectivity index (χ0v) is 24.0. The van der Waals surface area contributed by atoms with Crippen molar-refractivity contribution in [3.8, 4) is 0 Å². The minimum absolute atomic E-state index is 0.00495. The lowest BCUT2D eigenvalue weighted by Crippen LogP contribution is -2.46. The number of para-hydroxylation sites is 1. The topological polar surface area (TPSA) is 99.0 Å². The Morgan fingerprint density at radius 2 is 1.85 bits per heavy atom. The van der Waals surface area contributed by atoms with Gasteiger partial charge in [-0.2, -0.15) is 9.04 Å². The van der Waals surface area contributed by atoms with Gasteiger partial charge in [0.15, 0.2) is 0 Å². The Bertz CT molecular complexity index is 1150. The van der Waals surface area contributed by atoms with Crippen LogP contribution in [-0.4, -0.2) is 63.1 Å². The molecule has 3 rings (SSSR count). The average molecular weight is 570 g/mol. The number of anilines is 1. The van der Waals surface area contributed by atoms with Gasteiger partial charge in [-0.1, -0.05) is 61.2 Å². The fourth-order valence-electron chi connectivity index (χ4n) is 4.64. The van der Waals surface area contributed by atoms with Crippen molar-refractivity contribution in [1.82, 2.24) is 5.32 Å². The average Bonchev–Trinajstić information content (AvgIpc) is 2.96. The van der Waals surface area contributed by atoms with Crippen LogP contribution in [0, 0.1) is 5.92 Å². The summed E-state index contributed by atoms with van der Waals surface area (Å²) >= 11 is 6.02. The molecule has 2 aromatic rings.